The summed E-state index contributed by atoms with van der Waals surface area (Å²) in [6.07, 6.45) is -7.09. The number of nitrogens with zero attached hydrogens (tertiary/aromatic N) is 12. The van der Waals surface area contributed by atoms with Crippen molar-refractivity contribution < 1.29 is 45.4 Å². The molecule has 0 N–H and O–H groups in total. The van der Waals surface area contributed by atoms with E-state index in [-0.39, 0.29) is 11.7 Å². The monoisotopic (exact) mass is 1100 g/mol. The number of hydrogen-bond donors (Lipinski definition) is 0. The highest BCUT2D eigenvalue weighted by atomic mass is 19.4. The SMILES string of the molecule is COc1ccc([N+]2=NC(c3ccc(C(F)(F)F)cc3)=Nc3ccc(C#N)cc3CCc3cc(=C=[N-])cc/c3=N\2)cc1.COc1ccc([N+]2=NC(c3ccc(C(F)(F)F)cc3)=Nc3ccc(C#N)cc3CCc3cc(=C=[N-])cc/c3=N\2)cc1. The van der Waals surface area contributed by atoms with E-state index in [2.05, 4.69) is 23.9 Å². The summed E-state index contributed by atoms with van der Waals surface area (Å²) in [5.74, 6) is 5.76. The van der Waals surface area contributed by atoms with Gasteiger partial charge in [0.2, 0.25) is 11.7 Å². The molecule has 0 aliphatic carbocycles. The maximum Gasteiger partial charge on any atom is 0.416 e. The van der Waals surface area contributed by atoms with Crippen LogP contribution in [0.3, 0.4) is 0 Å². The standard InChI is InChI=1S/2C31H21F3N6O/c2*1-41-27-12-10-26(11-13-27)40-38-29-15-3-21(19-36)17-24(29)5-4-23-16-20(18-35)2-14-28(23)37-30(39-40)22-6-8-25(9-7-22)31(32,33)34/h2*2-3,6-17H,4-5H2,1H3/b2*37-30?,38-29+,40-39?. The van der Waals surface area contributed by atoms with E-state index in [0.717, 1.165) is 46.5 Å². The summed E-state index contributed by atoms with van der Waals surface area (Å²) in [5.41, 5.74) is 5.12. The summed E-state index contributed by atoms with van der Waals surface area (Å²) in [6.45, 7) is 0. The van der Waals surface area contributed by atoms with Crippen LogP contribution < -0.4 is 30.6 Å². The van der Waals surface area contributed by atoms with E-state index in [1.165, 1.54) is 33.9 Å². The molecule has 404 valence electrons. The lowest BCUT2D eigenvalue weighted by molar-refractivity contribution is -0.516. The average molecular weight is 1100 g/mol. The number of nitriles is 2. The van der Waals surface area contributed by atoms with Crippen LogP contribution in [0.5, 0.6) is 11.5 Å². The van der Waals surface area contributed by atoms with Crippen molar-refractivity contribution in [1.29, 1.82) is 10.5 Å². The maximum atomic E-state index is 13.3. The maximum absolute atomic E-state index is 13.3. The second-order valence-electron chi connectivity index (χ2n) is 18.2. The largest absolute Gasteiger partial charge is 0.763 e. The van der Waals surface area contributed by atoms with Crippen LogP contribution in [-0.4, -0.2) is 47.2 Å². The average Bonchev–Trinajstić information content (AvgIpc) is 3.66. The van der Waals surface area contributed by atoms with Crippen molar-refractivity contribution in [2.24, 2.45) is 30.4 Å². The molecule has 0 fully saturated rings. The van der Waals surface area contributed by atoms with Gasteiger partial charge in [0, 0.05) is 45.6 Å². The number of aliphatic imine (C=N–C) groups is 2. The van der Waals surface area contributed by atoms with E-state index >= 15 is 0 Å². The Morgan fingerprint density at radius 2 is 0.817 bits per heavy atom. The number of rotatable bonds is 6. The van der Waals surface area contributed by atoms with E-state index in [0.29, 0.717) is 103 Å². The molecular formula is C62H42F6N12O2. The van der Waals surface area contributed by atoms with Gasteiger partial charge in [0.05, 0.1) is 79.8 Å². The zero-order valence-electron chi connectivity index (χ0n) is 43.4. The molecule has 0 amide bonds. The first kappa shape index (κ1) is 56.0. The Labute approximate surface area is 464 Å². The number of ether oxygens (including phenoxy) is 2. The number of hydrogen-bond acceptors (Lipinski definition) is 10. The highest BCUT2D eigenvalue weighted by molar-refractivity contribution is 6.01. The molecule has 2 aliphatic rings. The zero-order chi connectivity index (χ0) is 58.0. The third kappa shape index (κ3) is 13.4. The quantitative estimate of drug-likeness (QED) is 0.0910. The Bertz CT molecular complexity index is 4010. The van der Waals surface area contributed by atoms with Gasteiger partial charge in [-0.1, -0.05) is 24.3 Å². The topological polar surface area (TPSA) is 191 Å². The molecule has 0 unspecified atom stereocenters. The van der Waals surface area contributed by atoms with Crippen LogP contribution in [0.4, 0.5) is 49.1 Å². The fraction of sp³-hybridized carbons (Fsp3) is 0.129. The Hall–Kier alpha value is -10.8. The van der Waals surface area contributed by atoms with Crippen LogP contribution in [0.1, 0.15) is 55.6 Å². The second kappa shape index (κ2) is 24.5. The summed E-state index contributed by atoms with van der Waals surface area (Å²) >= 11 is 0. The zero-order valence-corrected chi connectivity index (χ0v) is 43.4. The fourth-order valence-electron chi connectivity index (χ4n) is 8.60. The molecule has 20 heteroatoms. The summed E-state index contributed by atoms with van der Waals surface area (Å²) in [6, 6.07) is 47.7. The first-order valence-electron chi connectivity index (χ1n) is 24.9. The van der Waals surface area contributed by atoms with Gasteiger partial charge < -0.3 is 20.3 Å². The molecule has 0 radical (unpaired) electrons. The smallest absolute Gasteiger partial charge is 0.416 e. The minimum Gasteiger partial charge on any atom is -0.763 e. The van der Waals surface area contributed by atoms with E-state index in [1.807, 2.05) is 0 Å². The lowest BCUT2D eigenvalue weighted by Gasteiger charge is -2.08. The van der Waals surface area contributed by atoms with Crippen molar-refractivity contribution in [3.05, 3.63) is 257 Å². The Kier molecular flexibility index (Phi) is 16.7. The van der Waals surface area contributed by atoms with Crippen molar-refractivity contribution >= 4 is 46.2 Å². The number of fused-ring (bicyclic) bond motifs is 4. The minimum atomic E-state index is -4.50. The summed E-state index contributed by atoms with van der Waals surface area (Å²) in [7, 11) is 3.09. The van der Waals surface area contributed by atoms with Gasteiger partial charge in [-0.2, -0.15) is 36.9 Å². The third-order valence-electron chi connectivity index (χ3n) is 12.9. The fourth-order valence-corrected chi connectivity index (χ4v) is 8.60. The minimum absolute atomic E-state index is 0.112. The highest BCUT2D eigenvalue weighted by Crippen LogP contribution is 2.33. The van der Waals surface area contributed by atoms with Crippen LogP contribution in [0.2, 0.25) is 0 Å². The van der Waals surface area contributed by atoms with Crippen LogP contribution in [0, 0.1) is 22.7 Å². The van der Waals surface area contributed by atoms with Crippen LogP contribution in [0.25, 0.3) is 10.8 Å². The van der Waals surface area contributed by atoms with Gasteiger partial charge in [-0.25, -0.2) is 9.98 Å². The van der Waals surface area contributed by atoms with Gasteiger partial charge in [0.1, 0.15) is 22.2 Å². The molecule has 10 rings (SSSR count). The van der Waals surface area contributed by atoms with Crippen molar-refractivity contribution in [3.63, 3.8) is 0 Å². The normalized spacial score (nSPS) is 14.0. The third-order valence-corrected chi connectivity index (χ3v) is 12.9. The van der Waals surface area contributed by atoms with E-state index in [9.17, 15) is 47.7 Å². The predicted molar refractivity (Wildman–Crippen MR) is 292 cm³/mol. The highest BCUT2D eigenvalue weighted by Gasteiger charge is 2.32. The van der Waals surface area contributed by atoms with Gasteiger partial charge in [0.15, 0.2) is 0 Å². The number of aryl methyl sites for hydroxylation is 4. The molecule has 0 aromatic heterocycles. The first-order chi connectivity index (χ1) is 39.5. The number of alkyl halides is 6. The van der Waals surface area contributed by atoms with Crippen LogP contribution in [0.15, 0.2) is 200 Å². The molecule has 0 atom stereocenters. The van der Waals surface area contributed by atoms with Gasteiger partial charge in [-0.05, 0) is 180 Å². The lowest BCUT2D eigenvalue weighted by atomic mass is 10.00. The Morgan fingerprint density at radius 1 is 0.451 bits per heavy atom. The Balaban J connectivity index is 0.000000198. The summed E-state index contributed by atoms with van der Waals surface area (Å²) < 4.78 is 90.3. The van der Waals surface area contributed by atoms with Crippen molar-refractivity contribution in [1.82, 2.24) is 0 Å². The van der Waals surface area contributed by atoms with E-state index in [1.54, 1.807) is 136 Å². The molecule has 8 aromatic rings. The van der Waals surface area contributed by atoms with Gasteiger partial charge in [-0.15, -0.1) is 0 Å². The van der Waals surface area contributed by atoms with Crippen LogP contribution >= 0.6 is 0 Å². The lowest BCUT2D eigenvalue weighted by Crippen LogP contribution is -2.19. The van der Waals surface area contributed by atoms with Crippen molar-refractivity contribution in [2.45, 2.75) is 38.0 Å². The number of amidine groups is 2. The van der Waals surface area contributed by atoms with Crippen molar-refractivity contribution in [2.75, 3.05) is 14.2 Å². The molecule has 0 spiro atoms. The van der Waals surface area contributed by atoms with Gasteiger partial charge >= 0.3 is 12.4 Å². The molecular weight excluding hydrogens is 1060 g/mol. The van der Waals surface area contributed by atoms with Crippen molar-refractivity contribution in [3.8, 4) is 23.6 Å². The molecule has 2 heterocycles. The molecule has 2 aliphatic heterocycles. The molecule has 0 saturated carbocycles. The molecule has 14 nitrogen and oxygen atoms in total. The molecule has 0 saturated heterocycles. The predicted octanol–water partition coefficient (Wildman–Crippen LogP) is 11.4. The van der Waals surface area contributed by atoms with Gasteiger partial charge in [-0.3, -0.25) is 11.7 Å². The Morgan fingerprint density at radius 3 is 1.15 bits per heavy atom. The molecule has 8 aromatic carbocycles. The summed E-state index contributed by atoms with van der Waals surface area (Å²) in [5, 5.41) is 59.0. The number of methoxy groups -OCH3 is 2. The number of azo groups is 2. The van der Waals surface area contributed by atoms with E-state index < -0.39 is 23.5 Å². The first-order valence-corrected chi connectivity index (χ1v) is 24.9. The molecule has 0 bridgehead atoms. The molecule has 82 heavy (non-hydrogen) atoms. The van der Waals surface area contributed by atoms with Gasteiger partial charge in [0.25, 0.3) is 11.4 Å². The van der Waals surface area contributed by atoms with E-state index in [4.69, 9.17) is 39.9 Å². The summed E-state index contributed by atoms with van der Waals surface area (Å²) in [4.78, 5) is 12.2. The van der Waals surface area contributed by atoms with Crippen LogP contribution in [-0.2, 0) is 38.0 Å². The number of halogens is 6. The second-order valence-corrected chi connectivity index (χ2v) is 18.2. The number of benzene rings is 8.